The number of esters is 1. The van der Waals surface area contributed by atoms with Gasteiger partial charge in [0.2, 0.25) is 0 Å². The predicted octanol–water partition coefficient (Wildman–Crippen LogP) is 4.68. The van der Waals surface area contributed by atoms with Crippen LogP contribution in [0.4, 0.5) is 0 Å². The second-order valence-corrected chi connectivity index (χ2v) is 9.16. The third-order valence-electron chi connectivity index (χ3n) is 6.19. The Morgan fingerprint density at radius 1 is 0.744 bits per heavy atom. The summed E-state index contributed by atoms with van der Waals surface area (Å²) in [5.74, 6) is 1.96. The Morgan fingerprint density at radius 2 is 1.26 bits per heavy atom. The van der Waals surface area contributed by atoms with Gasteiger partial charge in [0, 0.05) is 6.92 Å². The normalized spacial score (nSPS) is 22.6. The van der Waals surface area contributed by atoms with Crippen LogP contribution in [0.3, 0.4) is 0 Å². The summed E-state index contributed by atoms with van der Waals surface area (Å²) in [6.07, 6.45) is 1.63. The molecule has 1 aliphatic heterocycles. The largest absolute Gasteiger partial charge is 0.454 e. The first-order chi connectivity index (χ1) is 19.1. The highest BCUT2D eigenvalue weighted by molar-refractivity contribution is 5.66. The summed E-state index contributed by atoms with van der Waals surface area (Å²) in [5, 5.41) is 0. The van der Waals surface area contributed by atoms with E-state index in [0.29, 0.717) is 13.2 Å². The van der Waals surface area contributed by atoms with Crippen LogP contribution < -0.4 is 0 Å². The molecule has 0 radical (unpaired) electrons. The molecule has 3 aromatic rings. The van der Waals surface area contributed by atoms with E-state index in [0.717, 1.165) is 16.7 Å². The van der Waals surface area contributed by atoms with Gasteiger partial charge in [-0.3, -0.25) is 4.79 Å². The van der Waals surface area contributed by atoms with Crippen molar-refractivity contribution in [2.75, 3.05) is 13.2 Å². The molecule has 1 saturated heterocycles. The van der Waals surface area contributed by atoms with E-state index in [1.807, 2.05) is 91.0 Å². The number of rotatable bonds is 13. The highest BCUT2D eigenvalue weighted by Gasteiger charge is 2.50. The molecule has 1 heterocycles. The Hall–Kier alpha value is -3.51. The van der Waals surface area contributed by atoms with E-state index in [1.165, 1.54) is 6.92 Å². The van der Waals surface area contributed by atoms with Crippen LogP contribution in [0.1, 0.15) is 23.6 Å². The zero-order chi connectivity index (χ0) is 27.3. The lowest BCUT2D eigenvalue weighted by molar-refractivity contribution is -0.318. The number of hydrogen-bond acceptors (Lipinski definition) is 7. The molecule has 1 fully saturated rings. The fourth-order valence-corrected chi connectivity index (χ4v) is 4.39. The van der Waals surface area contributed by atoms with Crippen LogP contribution in [-0.2, 0) is 53.0 Å². The van der Waals surface area contributed by atoms with Crippen LogP contribution >= 0.6 is 0 Å². The Balaban J connectivity index is 1.59. The summed E-state index contributed by atoms with van der Waals surface area (Å²) in [7, 11) is 0. The molecule has 0 aliphatic carbocycles. The molecule has 7 heteroatoms. The fraction of sp³-hybridized carbons (Fsp3) is 0.344. The molecule has 3 aromatic carbocycles. The van der Waals surface area contributed by atoms with Gasteiger partial charge in [-0.05, 0) is 16.7 Å². The highest BCUT2D eigenvalue weighted by atomic mass is 16.7. The summed E-state index contributed by atoms with van der Waals surface area (Å²) in [6, 6.07) is 29.4. The quantitative estimate of drug-likeness (QED) is 0.235. The van der Waals surface area contributed by atoms with E-state index in [-0.39, 0.29) is 19.8 Å². The van der Waals surface area contributed by atoms with Crippen molar-refractivity contribution in [1.29, 1.82) is 0 Å². The van der Waals surface area contributed by atoms with Gasteiger partial charge in [-0.1, -0.05) is 96.9 Å². The molecule has 1 aliphatic rings. The molecular formula is C32H34O7. The second kappa shape index (κ2) is 15.2. The molecule has 204 valence electrons. The number of carbonyl (C=O) groups excluding carboxylic acids is 1. The average molecular weight is 531 g/mol. The molecule has 0 amide bonds. The predicted molar refractivity (Wildman–Crippen MR) is 145 cm³/mol. The Morgan fingerprint density at radius 3 is 1.77 bits per heavy atom. The zero-order valence-electron chi connectivity index (χ0n) is 22.0. The first-order valence-corrected chi connectivity index (χ1v) is 12.9. The van der Waals surface area contributed by atoms with Gasteiger partial charge >= 0.3 is 5.97 Å². The second-order valence-electron chi connectivity index (χ2n) is 9.16. The van der Waals surface area contributed by atoms with Crippen molar-refractivity contribution in [1.82, 2.24) is 0 Å². The maximum Gasteiger partial charge on any atom is 0.303 e. The molecule has 7 nitrogen and oxygen atoms in total. The van der Waals surface area contributed by atoms with Gasteiger partial charge in [-0.15, -0.1) is 6.42 Å². The van der Waals surface area contributed by atoms with Crippen molar-refractivity contribution in [3.8, 4) is 12.3 Å². The maximum absolute atomic E-state index is 12.2. The van der Waals surface area contributed by atoms with E-state index in [1.54, 1.807) is 0 Å². The smallest absolute Gasteiger partial charge is 0.303 e. The molecule has 0 bridgehead atoms. The van der Waals surface area contributed by atoms with Crippen LogP contribution in [0.25, 0.3) is 0 Å². The third kappa shape index (κ3) is 8.75. The van der Waals surface area contributed by atoms with Gasteiger partial charge in [0.05, 0.1) is 26.4 Å². The summed E-state index contributed by atoms with van der Waals surface area (Å²) < 4.78 is 36.7. The Bertz CT molecular complexity index is 1160. The highest BCUT2D eigenvalue weighted by Crippen LogP contribution is 2.31. The van der Waals surface area contributed by atoms with Gasteiger partial charge < -0.3 is 28.4 Å². The van der Waals surface area contributed by atoms with Crippen LogP contribution in [0, 0.1) is 12.3 Å². The van der Waals surface area contributed by atoms with Crippen LogP contribution in [0.2, 0.25) is 0 Å². The van der Waals surface area contributed by atoms with Crippen molar-refractivity contribution in [3.63, 3.8) is 0 Å². The molecule has 0 aromatic heterocycles. The molecule has 0 saturated carbocycles. The van der Waals surface area contributed by atoms with Crippen molar-refractivity contribution in [2.45, 2.75) is 57.5 Å². The fourth-order valence-electron chi connectivity index (χ4n) is 4.39. The Labute approximate surface area is 229 Å². The van der Waals surface area contributed by atoms with E-state index >= 15 is 0 Å². The number of hydrogen-bond donors (Lipinski definition) is 0. The molecule has 0 spiro atoms. The lowest BCUT2D eigenvalue weighted by Gasteiger charge is -2.45. The third-order valence-corrected chi connectivity index (χ3v) is 6.19. The monoisotopic (exact) mass is 530 g/mol. The standard InChI is InChI=1S/C32H34O7/c1-3-19-35-32-31(38-24(2)33)30(37-22-27-17-11-6-12-18-27)29(36-21-26-15-9-5-10-16-26)28(39-32)23-34-20-25-13-7-4-8-14-25/h1,4-18,28-32H,19-23H2,2H3/t28?,29-,30?,31?,32+/m1/s1. The van der Waals surface area contributed by atoms with Crippen molar-refractivity contribution >= 4 is 5.97 Å². The number of terminal acetylenes is 1. The minimum absolute atomic E-state index is 0.0268. The maximum atomic E-state index is 12.2. The van der Waals surface area contributed by atoms with Gasteiger partial charge in [-0.25, -0.2) is 0 Å². The number of ether oxygens (including phenoxy) is 6. The summed E-state index contributed by atoms with van der Waals surface area (Å²) in [5.41, 5.74) is 2.98. The molecule has 0 N–H and O–H groups in total. The summed E-state index contributed by atoms with van der Waals surface area (Å²) in [6.45, 7) is 2.47. The molecule has 4 rings (SSSR count). The van der Waals surface area contributed by atoms with E-state index in [2.05, 4.69) is 5.92 Å². The first-order valence-electron chi connectivity index (χ1n) is 12.9. The van der Waals surface area contributed by atoms with E-state index in [4.69, 9.17) is 34.8 Å². The van der Waals surface area contributed by atoms with Gasteiger partial charge in [0.1, 0.15) is 24.9 Å². The molecule has 39 heavy (non-hydrogen) atoms. The van der Waals surface area contributed by atoms with Crippen LogP contribution in [0.15, 0.2) is 91.0 Å². The van der Waals surface area contributed by atoms with E-state index < -0.39 is 36.7 Å². The first kappa shape index (κ1) is 28.5. The summed E-state index contributed by atoms with van der Waals surface area (Å²) >= 11 is 0. The molecule has 3 unspecified atom stereocenters. The van der Waals surface area contributed by atoms with E-state index in [9.17, 15) is 4.79 Å². The zero-order valence-corrected chi connectivity index (χ0v) is 22.0. The number of carbonyl (C=O) groups is 1. The topological polar surface area (TPSA) is 72.5 Å². The van der Waals surface area contributed by atoms with Crippen molar-refractivity contribution in [2.24, 2.45) is 0 Å². The minimum atomic E-state index is -0.965. The van der Waals surface area contributed by atoms with Gasteiger partial charge in [0.25, 0.3) is 0 Å². The van der Waals surface area contributed by atoms with Gasteiger partial charge in [-0.2, -0.15) is 0 Å². The van der Waals surface area contributed by atoms with Gasteiger partial charge in [0.15, 0.2) is 12.4 Å². The lowest BCUT2D eigenvalue weighted by Crippen LogP contribution is -2.62. The number of benzene rings is 3. The average Bonchev–Trinajstić information content (AvgIpc) is 2.96. The summed E-state index contributed by atoms with van der Waals surface area (Å²) in [4.78, 5) is 12.2. The Kier molecular flexibility index (Phi) is 11.1. The lowest BCUT2D eigenvalue weighted by atomic mass is 9.98. The van der Waals surface area contributed by atoms with Crippen molar-refractivity contribution in [3.05, 3.63) is 108 Å². The minimum Gasteiger partial charge on any atom is -0.454 e. The molecule has 5 atom stereocenters. The van der Waals surface area contributed by atoms with Crippen LogP contribution in [-0.4, -0.2) is 49.9 Å². The van der Waals surface area contributed by atoms with Crippen LogP contribution in [0.5, 0.6) is 0 Å². The molecular weight excluding hydrogens is 496 g/mol. The SMILES string of the molecule is C#CCO[C@H]1OC(COCc2ccccc2)[C@@H](OCc2ccccc2)C(OCc2ccccc2)C1OC(C)=O. The van der Waals surface area contributed by atoms with Crippen molar-refractivity contribution < 1.29 is 33.2 Å².